The fourth-order valence-electron chi connectivity index (χ4n) is 2.76. The lowest BCUT2D eigenvalue weighted by atomic mass is 10.0. The van der Waals surface area contributed by atoms with Crippen LogP contribution in [0.3, 0.4) is 0 Å². The summed E-state index contributed by atoms with van der Waals surface area (Å²) in [7, 11) is 0. The summed E-state index contributed by atoms with van der Waals surface area (Å²) in [5.41, 5.74) is 3.10. The Morgan fingerprint density at radius 3 is 2.90 bits per heavy atom. The number of hydrogen-bond acceptors (Lipinski definition) is 3. The summed E-state index contributed by atoms with van der Waals surface area (Å²) in [6, 6.07) is 10.3. The Hall–Kier alpha value is -2.10. The van der Waals surface area contributed by atoms with E-state index in [4.69, 9.17) is 4.52 Å². The van der Waals surface area contributed by atoms with Gasteiger partial charge in [-0.15, -0.1) is 0 Å². The maximum Gasteiger partial charge on any atom is 0.273 e. The molecule has 1 amide bonds. The summed E-state index contributed by atoms with van der Waals surface area (Å²) in [6.45, 7) is 1.78. The second-order valence-corrected chi connectivity index (χ2v) is 5.36. The molecule has 2 aromatic rings. The fraction of sp³-hybridized carbons (Fsp3) is 0.375. The van der Waals surface area contributed by atoms with Crippen LogP contribution in [-0.4, -0.2) is 17.1 Å². The summed E-state index contributed by atoms with van der Waals surface area (Å²) in [5.74, 6) is 0.507. The van der Waals surface area contributed by atoms with Crippen molar-refractivity contribution in [1.29, 1.82) is 0 Å². The molecule has 0 saturated carbocycles. The first-order chi connectivity index (χ1) is 9.72. The van der Waals surface area contributed by atoms with Crippen molar-refractivity contribution >= 4 is 5.91 Å². The molecule has 1 atom stereocenters. The molecule has 1 aliphatic rings. The van der Waals surface area contributed by atoms with E-state index in [0.717, 1.165) is 25.7 Å². The summed E-state index contributed by atoms with van der Waals surface area (Å²) in [5, 5.41) is 6.83. The molecule has 0 bridgehead atoms. The van der Waals surface area contributed by atoms with Gasteiger partial charge in [-0.2, -0.15) is 0 Å². The molecule has 20 heavy (non-hydrogen) atoms. The minimum absolute atomic E-state index is 0.147. The number of benzene rings is 1. The monoisotopic (exact) mass is 270 g/mol. The van der Waals surface area contributed by atoms with Crippen molar-refractivity contribution in [3.63, 3.8) is 0 Å². The Balaban J connectivity index is 1.71. The lowest BCUT2D eigenvalue weighted by molar-refractivity contribution is 0.0925. The quantitative estimate of drug-likeness (QED) is 0.854. The average Bonchev–Trinajstić information content (AvgIpc) is 2.77. The first kappa shape index (κ1) is 12.9. The van der Waals surface area contributed by atoms with Crippen LogP contribution >= 0.6 is 0 Å². The third-order valence-electron chi connectivity index (χ3n) is 3.78. The average molecular weight is 270 g/mol. The maximum absolute atomic E-state index is 12.1. The largest absolute Gasteiger partial charge is 0.361 e. The molecule has 0 fully saturated rings. The van der Waals surface area contributed by atoms with E-state index in [1.165, 1.54) is 11.1 Å². The second-order valence-electron chi connectivity index (χ2n) is 5.36. The molecule has 1 unspecified atom stereocenters. The van der Waals surface area contributed by atoms with Crippen LogP contribution in [0.5, 0.6) is 0 Å². The van der Waals surface area contributed by atoms with Gasteiger partial charge in [0, 0.05) is 12.1 Å². The molecule has 4 nitrogen and oxygen atoms in total. The predicted octanol–water partition coefficient (Wildman–Crippen LogP) is 2.66. The summed E-state index contributed by atoms with van der Waals surface area (Å²) < 4.78 is 4.94. The first-order valence-electron chi connectivity index (χ1n) is 7.03. The van der Waals surface area contributed by atoms with Crippen LogP contribution in [-0.2, 0) is 12.8 Å². The summed E-state index contributed by atoms with van der Waals surface area (Å²) in [6.07, 6.45) is 4.07. The van der Waals surface area contributed by atoms with Gasteiger partial charge in [0.15, 0.2) is 5.69 Å². The van der Waals surface area contributed by atoms with Gasteiger partial charge in [0.05, 0.1) is 0 Å². The van der Waals surface area contributed by atoms with Crippen LogP contribution in [0.2, 0.25) is 0 Å². The minimum Gasteiger partial charge on any atom is -0.361 e. The number of fused-ring (bicyclic) bond motifs is 1. The topological polar surface area (TPSA) is 55.1 Å². The zero-order valence-electron chi connectivity index (χ0n) is 11.6. The smallest absolute Gasteiger partial charge is 0.273 e. The van der Waals surface area contributed by atoms with Crippen molar-refractivity contribution in [1.82, 2.24) is 10.5 Å². The van der Waals surface area contributed by atoms with Crippen LogP contribution in [0, 0.1) is 6.92 Å². The number of amides is 1. The van der Waals surface area contributed by atoms with Crippen LogP contribution < -0.4 is 5.32 Å². The number of aromatic nitrogens is 1. The standard InChI is InChI=1S/C16H18N2O2/c1-11-9-15(18-20-11)16(19)17-14-8-4-7-12-5-2-3-6-13(12)10-14/h2-3,5-6,9,14H,4,7-8,10H2,1H3,(H,17,19). The van der Waals surface area contributed by atoms with Gasteiger partial charge in [-0.3, -0.25) is 4.79 Å². The maximum atomic E-state index is 12.1. The SMILES string of the molecule is Cc1cc(C(=O)NC2CCCc3ccccc3C2)no1. The zero-order chi connectivity index (χ0) is 13.9. The van der Waals surface area contributed by atoms with Crippen molar-refractivity contribution in [3.05, 3.63) is 52.9 Å². The number of carbonyl (C=O) groups is 1. The number of hydrogen-bond donors (Lipinski definition) is 1. The van der Waals surface area contributed by atoms with E-state index in [0.29, 0.717) is 11.5 Å². The van der Waals surface area contributed by atoms with Gasteiger partial charge in [-0.05, 0) is 43.7 Å². The van der Waals surface area contributed by atoms with Gasteiger partial charge in [0.2, 0.25) is 0 Å². The van der Waals surface area contributed by atoms with E-state index in [1.807, 2.05) is 0 Å². The molecule has 0 radical (unpaired) electrons. The van der Waals surface area contributed by atoms with Crippen molar-refractivity contribution in [2.24, 2.45) is 0 Å². The molecular weight excluding hydrogens is 252 g/mol. The molecule has 0 saturated heterocycles. The van der Waals surface area contributed by atoms with E-state index in [-0.39, 0.29) is 11.9 Å². The normalized spacial score (nSPS) is 18.1. The Bertz CT molecular complexity index is 618. The highest BCUT2D eigenvalue weighted by atomic mass is 16.5. The van der Waals surface area contributed by atoms with E-state index in [2.05, 4.69) is 34.7 Å². The van der Waals surface area contributed by atoms with Gasteiger partial charge in [-0.25, -0.2) is 0 Å². The highest BCUT2D eigenvalue weighted by molar-refractivity contribution is 5.92. The molecule has 0 aliphatic heterocycles. The lowest BCUT2D eigenvalue weighted by Gasteiger charge is -2.16. The molecule has 3 rings (SSSR count). The Morgan fingerprint density at radius 2 is 2.15 bits per heavy atom. The summed E-state index contributed by atoms with van der Waals surface area (Å²) >= 11 is 0. The molecule has 1 heterocycles. The summed E-state index contributed by atoms with van der Waals surface area (Å²) in [4.78, 5) is 12.1. The van der Waals surface area contributed by atoms with Crippen molar-refractivity contribution in [2.75, 3.05) is 0 Å². The molecule has 1 N–H and O–H groups in total. The van der Waals surface area contributed by atoms with Gasteiger partial charge in [-0.1, -0.05) is 29.4 Å². The van der Waals surface area contributed by atoms with Gasteiger partial charge in [0.1, 0.15) is 5.76 Å². The van der Waals surface area contributed by atoms with E-state index < -0.39 is 0 Å². The third kappa shape index (κ3) is 2.74. The molecule has 0 spiro atoms. The highest BCUT2D eigenvalue weighted by Gasteiger charge is 2.20. The number of aryl methyl sites for hydroxylation is 2. The number of nitrogens with one attached hydrogen (secondary N) is 1. The number of nitrogens with zero attached hydrogens (tertiary/aromatic N) is 1. The molecule has 1 aromatic heterocycles. The van der Waals surface area contributed by atoms with E-state index in [1.54, 1.807) is 13.0 Å². The first-order valence-corrected chi connectivity index (χ1v) is 7.03. The van der Waals surface area contributed by atoms with E-state index >= 15 is 0 Å². The van der Waals surface area contributed by atoms with Crippen molar-refractivity contribution in [3.8, 4) is 0 Å². The van der Waals surface area contributed by atoms with Crippen LogP contribution in [0.25, 0.3) is 0 Å². The minimum atomic E-state index is -0.147. The van der Waals surface area contributed by atoms with Gasteiger partial charge < -0.3 is 9.84 Å². The van der Waals surface area contributed by atoms with Gasteiger partial charge >= 0.3 is 0 Å². The zero-order valence-corrected chi connectivity index (χ0v) is 11.6. The second kappa shape index (κ2) is 5.49. The number of rotatable bonds is 2. The lowest BCUT2D eigenvalue weighted by Crippen LogP contribution is -2.36. The van der Waals surface area contributed by atoms with Crippen molar-refractivity contribution < 1.29 is 9.32 Å². The Kier molecular flexibility index (Phi) is 3.54. The highest BCUT2D eigenvalue weighted by Crippen LogP contribution is 2.20. The van der Waals surface area contributed by atoms with Gasteiger partial charge in [0.25, 0.3) is 5.91 Å². The van der Waals surface area contributed by atoms with Crippen molar-refractivity contribution in [2.45, 2.75) is 38.6 Å². The number of carbonyl (C=O) groups excluding carboxylic acids is 1. The molecular formula is C16H18N2O2. The Labute approximate surface area is 118 Å². The molecule has 1 aromatic carbocycles. The van der Waals surface area contributed by atoms with Crippen LogP contribution in [0.15, 0.2) is 34.9 Å². The van der Waals surface area contributed by atoms with Crippen LogP contribution in [0.4, 0.5) is 0 Å². The third-order valence-corrected chi connectivity index (χ3v) is 3.78. The Morgan fingerprint density at radius 1 is 1.35 bits per heavy atom. The van der Waals surface area contributed by atoms with E-state index in [9.17, 15) is 4.79 Å². The molecule has 104 valence electrons. The fourth-order valence-corrected chi connectivity index (χ4v) is 2.76. The molecule has 1 aliphatic carbocycles. The predicted molar refractivity (Wildman–Crippen MR) is 75.6 cm³/mol. The van der Waals surface area contributed by atoms with Crippen LogP contribution in [0.1, 0.15) is 40.2 Å². The molecule has 4 heteroatoms.